The lowest BCUT2D eigenvalue weighted by molar-refractivity contribution is -0.117. The predicted molar refractivity (Wildman–Crippen MR) is 118 cm³/mol. The highest BCUT2D eigenvalue weighted by atomic mass is 32.1. The number of carboxylic acids is 1. The van der Waals surface area contributed by atoms with E-state index >= 15 is 0 Å². The molecular formula is C23H30N2O4S. The summed E-state index contributed by atoms with van der Waals surface area (Å²) < 4.78 is 0. The Morgan fingerprint density at radius 2 is 2.03 bits per heavy atom. The molecule has 3 rings (SSSR count). The van der Waals surface area contributed by atoms with Gasteiger partial charge in [0.15, 0.2) is 5.69 Å². The van der Waals surface area contributed by atoms with Crippen LogP contribution in [0.25, 0.3) is 0 Å². The zero-order valence-corrected chi connectivity index (χ0v) is 18.2. The van der Waals surface area contributed by atoms with Crippen molar-refractivity contribution < 1.29 is 19.8 Å². The van der Waals surface area contributed by atoms with Gasteiger partial charge in [-0.3, -0.25) is 4.79 Å². The minimum atomic E-state index is -0.996. The quantitative estimate of drug-likeness (QED) is 0.491. The van der Waals surface area contributed by atoms with Crippen LogP contribution in [0.2, 0.25) is 0 Å². The van der Waals surface area contributed by atoms with Gasteiger partial charge in [-0.15, -0.1) is 11.3 Å². The van der Waals surface area contributed by atoms with E-state index in [4.69, 9.17) is 5.11 Å². The highest BCUT2D eigenvalue weighted by Crippen LogP contribution is 2.31. The van der Waals surface area contributed by atoms with Crippen LogP contribution >= 0.6 is 11.3 Å². The van der Waals surface area contributed by atoms with Gasteiger partial charge < -0.3 is 15.1 Å². The van der Waals surface area contributed by atoms with E-state index in [-0.39, 0.29) is 17.6 Å². The molecule has 1 amide bonds. The zero-order valence-electron chi connectivity index (χ0n) is 17.4. The molecule has 0 spiro atoms. The van der Waals surface area contributed by atoms with E-state index < -0.39 is 12.1 Å². The Hall–Kier alpha value is -2.25. The fourth-order valence-corrected chi connectivity index (χ4v) is 4.81. The summed E-state index contributed by atoms with van der Waals surface area (Å²) in [5.74, 6) is -0.859. The summed E-state index contributed by atoms with van der Waals surface area (Å²) in [5.41, 5.74) is 1.88. The number of carbonyl (C=O) groups is 2. The van der Waals surface area contributed by atoms with Crippen LogP contribution in [0.15, 0.2) is 29.6 Å². The van der Waals surface area contributed by atoms with E-state index in [0.29, 0.717) is 6.42 Å². The minimum absolute atomic E-state index is 0.102. The van der Waals surface area contributed by atoms with Crippen molar-refractivity contribution in [3.8, 4) is 0 Å². The van der Waals surface area contributed by atoms with Crippen LogP contribution in [0, 0.1) is 0 Å². The van der Waals surface area contributed by atoms with Gasteiger partial charge >= 0.3 is 5.97 Å². The summed E-state index contributed by atoms with van der Waals surface area (Å²) in [7, 11) is 0. The molecule has 1 unspecified atom stereocenters. The van der Waals surface area contributed by atoms with Gasteiger partial charge in [0.1, 0.15) is 0 Å². The van der Waals surface area contributed by atoms with Crippen molar-refractivity contribution >= 4 is 28.9 Å². The third-order valence-corrected chi connectivity index (χ3v) is 6.57. The highest BCUT2D eigenvalue weighted by Gasteiger charge is 2.31. The lowest BCUT2D eigenvalue weighted by atomic mass is 10.0. The number of aliphatic hydroxyl groups is 1. The van der Waals surface area contributed by atoms with Gasteiger partial charge in [0, 0.05) is 23.5 Å². The van der Waals surface area contributed by atoms with Crippen LogP contribution in [-0.2, 0) is 11.2 Å². The van der Waals surface area contributed by atoms with Gasteiger partial charge in [0.05, 0.1) is 11.1 Å². The number of unbranched alkanes of at least 4 members (excludes halogenated alkanes) is 2. The molecule has 162 valence electrons. The average molecular weight is 431 g/mol. The number of carboxylic acid groups (broad SMARTS) is 1. The monoisotopic (exact) mass is 430 g/mol. The molecule has 0 bridgehead atoms. The number of rotatable bonds is 11. The molecule has 2 heterocycles. The number of thiazole rings is 1. The molecule has 6 nitrogen and oxygen atoms in total. The van der Waals surface area contributed by atoms with Crippen molar-refractivity contribution in [1.82, 2.24) is 4.98 Å². The summed E-state index contributed by atoms with van der Waals surface area (Å²) in [6.07, 6.45) is 7.39. The van der Waals surface area contributed by atoms with Crippen LogP contribution in [0.5, 0.6) is 0 Å². The molecule has 1 fully saturated rings. The number of anilines is 1. The van der Waals surface area contributed by atoms with Crippen molar-refractivity contribution in [2.24, 2.45) is 0 Å². The van der Waals surface area contributed by atoms with Crippen molar-refractivity contribution in [3.63, 3.8) is 0 Å². The molecule has 1 aliphatic heterocycles. The maximum Gasteiger partial charge on any atom is 0.355 e. The van der Waals surface area contributed by atoms with Gasteiger partial charge in [-0.2, -0.15) is 0 Å². The van der Waals surface area contributed by atoms with Crippen LogP contribution in [0.4, 0.5) is 5.69 Å². The Balaban J connectivity index is 1.56. The zero-order chi connectivity index (χ0) is 21.5. The lowest BCUT2D eigenvalue weighted by Crippen LogP contribution is -2.32. The minimum Gasteiger partial charge on any atom is -0.476 e. The summed E-state index contributed by atoms with van der Waals surface area (Å²) >= 11 is 1.37. The number of aryl methyl sites for hydroxylation is 1. The third-order valence-electron chi connectivity index (χ3n) is 5.66. The number of nitrogens with zero attached hydrogens (tertiary/aromatic N) is 2. The largest absolute Gasteiger partial charge is 0.476 e. The van der Waals surface area contributed by atoms with Crippen LogP contribution in [-0.4, -0.2) is 33.1 Å². The second-order valence-corrected chi connectivity index (χ2v) is 8.83. The molecule has 1 aliphatic rings. The second kappa shape index (κ2) is 10.7. The maximum atomic E-state index is 12.5. The molecule has 2 atom stereocenters. The number of aromatic carboxylic acids is 1. The molecule has 1 aromatic heterocycles. The van der Waals surface area contributed by atoms with Gasteiger partial charge in [-0.25, -0.2) is 9.78 Å². The molecule has 2 aromatic rings. The van der Waals surface area contributed by atoms with E-state index in [0.717, 1.165) is 67.6 Å². The summed E-state index contributed by atoms with van der Waals surface area (Å²) in [4.78, 5) is 29.5. The molecule has 0 saturated carbocycles. The Kier molecular flexibility index (Phi) is 7.99. The van der Waals surface area contributed by atoms with Crippen molar-refractivity contribution in [3.05, 3.63) is 45.9 Å². The first-order valence-corrected chi connectivity index (χ1v) is 11.6. The van der Waals surface area contributed by atoms with E-state index in [1.165, 1.54) is 11.3 Å². The maximum absolute atomic E-state index is 12.5. The number of hydrogen-bond donors (Lipinski definition) is 2. The van der Waals surface area contributed by atoms with Crippen molar-refractivity contribution in [2.45, 2.75) is 76.9 Å². The fourth-order valence-electron chi connectivity index (χ4n) is 4.00. The standard InChI is InChI=1S/C23H30N2O4S/c1-2-3-4-7-20(26)16-9-11-18(12-10-16)25-17(13-14-22(25)27)6-5-8-21-24-19(15-30-21)23(28)29/h9-12,15,17,20,26H,2-8,13-14H2,1H3,(H,28,29)/t17-,20?/m0/s1. The number of aromatic nitrogens is 1. The van der Waals surface area contributed by atoms with Gasteiger partial charge in [0.2, 0.25) is 5.91 Å². The van der Waals surface area contributed by atoms with Crippen molar-refractivity contribution in [2.75, 3.05) is 4.90 Å². The fraction of sp³-hybridized carbons (Fsp3) is 0.522. The molecule has 30 heavy (non-hydrogen) atoms. The second-order valence-electron chi connectivity index (χ2n) is 7.88. The topological polar surface area (TPSA) is 90.7 Å². The molecule has 7 heteroatoms. The molecular weight excluding hydrogens is 400 g/mol. The van der Waals surface area contributed by atoms with E-state index in [1.54, 1.807) is 5.38 Å². The number of hydrogen-bond acceptors (Lipinski definition) is 5. The Bertz CT molecular complexity index is 849. The number of amides is 1. The van der Waals surface area contributed by atoms with Gasteiger partial charge in [0.25, 0.3) is 0 Å². The van der Waals surface area contributed by atoms with Gasteiger partial charge in [-0.05, 0) is 49.8 Å². The first-order chi connectivity index (χ1) is 14.5. The summed E-state index contributed by atoms with van der Waals surface area (Å²) in [5, 5.41) is 21.7. The molecule has 1 saturated heterocycles. The first-order valence-electron chi connectivity index (χ1n) is 10.8. The van der Waals surface area contributed by atoms with Crippen LogP contribution in [0.3, 0.4) is 0 Å². The van der Waals surface area contributed by atoms with Crippen LogP contribution in [0.1, 0.15) is 85.5 Å². The lowest BCUT2D eigenvalue weighted by Gasteiger charge is -2.25. The van der Waals surface area contributed by atoms with Crippen molar-refractivity contribution in [1.29, 1.82) is 0 Å². The third kappa shape index (κ3) is 5.67. The predicted octanol–water partition coefficient (Wildman–Crippen LogP) is 4.97. The summed E-state index contributed by atoms with van der Waals surface area (Å²) in [6.45, 7) is 2.15. The van der Waals surface area contributed by atoms with E-state index in [2.05, 4.69) is 11.9 Å². The Morgan fingerprint density at radius 3 is 2.70 bits per heavy atom. The average Bonchev–Trinajstić information content (AvgIpc) is 3.35. The smallest absolute Gasteiger partial charge is 0.355 e. The Labute approximate surface area is 181 Å². The summed E-state index contributed by atoms with van der Waals surface area (Å²) in [6, 6.07) is 7.88. The molecule has 2 N–H and O–H groups in total. The number of carbonyl (C=O) groups excluding carboxylic acids is 1. The van der Waals surface area contributed by atoms with Gasteiger partial charge in [-0.1, -0.05) is 38.3 Å². The number of aliphatic hydroxyl groups excluding tert-OH is 1. The Morgan fingerprint density at radius 1 is 1.27 bits per heavy atom. The van der Waals surface area contributed by atoms with E-state index in [1.807, 2.05) is 29.2 Å². The SMILES string of the molecule is CCCCCC(O)c1ccc(N2C(=O)CC[C@@H]2CCCc2nc(C(=O)O)cs2)cc1. The molecule has 1 aromatic carbocycles. The van der Waals surface area contributed by atoms with Crippen LogP contribution < -0.4 is 4.90 Å². The first kappa shape index (κ1) is 22.4. The van der Waals surface area contributed by atoms with E-state index in [9.17, 15) is 14.7 Å². The number of benzene rings is 1. The molecule has 0 radical (unpaired) electrons. The molecule has 0 aliphatic carbocycles. The normalized spacial score (nSPS) is 17.5. The highest BCUT2D eigenvalue weighted by molar-refractivity contribution is 7.09.